The van der Waals surface area contributed by atoms with E-state index >= 15 is 0 Å². The molecule has 2 atom stereocenters. The van der Waals surface area contributed by atoms with Gasteiger partial charge >= 0.3 is 0 Å². The van der Waals surface area contributed by atoms with Crippen LogP contribution in [-0.4, -0.2) is 30.3 Å². The summed E-state index contributed by atoms with van der Waals surface area (Å²) < 4.78 is 5.81. The van der Waals surface area contributed by atoms with Crippen LogP contribution in [0, 0.1) is 6.92 Å². The van der Waals surface area contributed by atoms with Gasteiger partial charge in [-0.2, -0.15) is 0 Å². The molecule has 2 saturated heterocycles. The first-order chi connectivity index (χ1) is 7.31. The molecule has 3 heteroatoms. The van der Waals surface area contributed by atoms with Crippen molar-refractivity contribution >= 4 is 5.82 Å². The SMILES string of the molecule is Cc1ccnc(N2CC3CCC(C2)O3)c1. The zero-order valence-electron chi connectivity index (χ0n) is 9.02. The van der Waals surface area contributed by atoms with Gasteiger partial charge in [0.05, 0.1) is 12.2 Å². The summed E-state index contributed by atoms with van der Waals surface area (Å²) in [5, 5.41) is 0. The number of rotatable bonds is 1. The minimum Gasteiger partial charge on any atom is -0.371 e. The van der Waals surface area contributed by atoms with Crippen LogP contribution < -0.4 is 4.90 Å². The average molecular weight is 204 g/mol. The molecule has 2 unspecified atom stereocenters. The summed E-state index contributed by atoms with van der Waals surface area (Å²) in [7, 11) is 0. The van der Waals surface area contributed by atoms with Gasteiger partial charge in [-0.05, 0) is 37.5 Å². The minimum absolute atomic E-state index is 0.436. The molecule has 0 amide bonds. The molecule has 1 aromatic rings. The van der Waals surface area contributed by atoms with Crippen molar-refractivity contribution < 1.29 is 4.74 Å². The Kier molecular flexibility index (Phi) is 2.13. The van der Waals surface area contributed by atoms with Crippen molar-refractivity contribution in [3.8, 4) is 0 Å². The highest BCUT2D eigenvalue weighted by atomic mass is 16.5. The fraction of sp³-hybridized carbons (Fsp3) is 0.583. The van der Waals surface area contributed by atoms with Gasteiger partial charge in [-0.25, -0.2) is 4.98 Å². The number of aromatic nitrogens is 1. The van der Waals surface area contributed by atoms with Gasteiger partial charge in [-0.1, -0.05) is 0 Å². The van der Waals surface area contributed by atoms with Gasteiger partial charge in [0.25, 0.3) is 0 Å². The third-order valence-corrected chi connectivity index (χ3v) is 3.27. The van der Waals surface area contributed by atoms with Crippen molar-refractivity contribution in [2.75, 3.05) is 18.0 Å². The maximum Gasteiger partial charge on any atom is 0.128 e. The van der Waals surface area contributed by atoms with Gasteiger partial charge in [-0.3, -0.25) is 0 Å². The van der Waals surface area contributed by atoms with Crippen molar-refractivity contribution in [2.45, 2.75) is 32.0 Å². The Morgan fingerprint density at radius 1 is 1.33 bits per heavy atom. The van der Waals surface area contributed by atoms with E-state index in [9.17, 15) is 0 Å². The number of fused-ring (bicyclic) bond motifs is 2. The summed E-state index contributed by atoms with van der Waals surface area (Å²) in [6.45, 7) is 4.13. The molecule has 3 nitrogen and oxygen atoms in total. The van der Waals surface area contributed by atoms with Crippen LogP contribution in [0.2, 0.25) is 0 Å². The van der Waals surface area contributed by atoms with E-state index in [2.05, 4.69) is 22.9 Å². The highest BCUT2D eigenvalue weighted by Crippen LogP contribution is 2.28. The topological polar surface area (TPSA) is 25.4 Å². The molecule has 80 valence electrons. The number of nitrogens with zero attached hydrogens (tertiary/aromatic N) is 2. The predicted octanol–water partition coefficient (Wildman–Crippen LogP) is 1.76. The second-order valence-corrected chi connectivity index (χ2v) is 4.55. The molecule has 3 heterocycles. The molecule has 2 fully saturated rings. The lowest BCUT2D eigenvalue weighted by molar-refractivity contribution is 0.0302. The van der Waals surface area contributed by atoms with Crippen LogP contribution in [0.4, 0.5) is 5.82 Å². The molecule has 15 heavy (non-hydrogen) atoms. The molecule has 0 aromatic carbocycles. The average Bonchev–Trinajstić information content (AvgIpc) is 2.58. The molecule has 0 aliphatic carbocycles. The van der Waals surface area contributed by atoms with Crippen LogP contribution in [-0.2, 0) is 4.74 Å². The van der Waals surface area contributed by atoms with E-state index in [1.807, 2.05) is 12.3 Å². The molecule has 0 spiro atoms. The molecule has 0 radical (unpaired) electrons. The summed E-state index contributed by atoms with van der Waals surface area (Å²) >= 11 is 0. The lowest BCUT2D eigenvalue weighted by atomic mass is 10.2. The number of hydrogen-bond donors (Lipinski definition) is 0. The van der Waals surface area contributed by atoms with Gasteiger partial charge < -0.3 is 9.64 Å². The first-order valence-electron chi connectivity index (χ1n) is 5.64. The maximum atomic E-state index is 5.81. The third kappa shape index (κ3) is 1.72. The highest BCUT2D eigenvalue weighted by molar-refractivity contribution is 5.41. The Hall–Kier alpha value is -1.09. The van der Waals surface area contributed by atoms with E-state index < -0.39 is 0 Å². The van der Waals surface area contributed by atoms with E-state index in [1.54, 1.807) is 0 Å². The van der Waals surface area contributed by atoms with Crippen LogP contribution in [0.3, 0.4) is 0 Å². The smallest absolute Gasteiger partial charge is 0.128 e. The second kappa shape index (κ2) is 3.49. The van der Waals surface area contributed by atoms with Gasteiger partial charge in [0.15, 0.2) is 0 Å². The van der Waals surface area contributed by atoms with Crippen LogP contribution in [0.5, 0.6) is 0 Å². The molecule has 0 saturated carbocycles. The molecule has 2 bridgehead atoms. The molecule has 0 N–H and O–H groups in total. The van der Waals surface area contributed by atoms with Crippen LogP contribution in [0.25, 0.3) is 0 Å². The molecule has 2 aliphatic heterocycles. The van der Waals surface area contributed by atoms with E-state index in [0.717, 1.165) is 18.9 Å². The maximum absolute atomic E-state index is 5.81. The first kappa shape index (κ1) is 9.16. The van der Waals surface area contributed by atoms with Gasteiger partial charge in [-0.15, -0.1) is 0 Å². The Bertz CT molecular complexity index is 354. The van der Waals surface area contributed by atoms with Crippen molar-refractivity contribution in [3.05, 3.63) is 23.9 Å². The quantitative estimate of drug-likeness (QED) is 0.697. The lowest BCUT2D eigenvalue weighted by Gasteiger charge is -2.33. The van der Waals surface area contributed by atoms with Crippen molar-refractivity contribution in [1.82, 2.24) is 4.98 Å². The normalized spacial score (nSPS) is 29.5. The molecular weight excluding hydrogens is 188 g/mol. The summed E-state index contributed by atoms with van der Waals surface area (Å²) in [5.41, 5.74) is 1.28. The number of anilines is 1. The number of hydrogen-bond acceptors (Lipinski definition) is 3. The zero-order valence-corrected chi connectivity index (χ0v) is 9.02. The number of morpholine rings is 1. The van der Waals surface area contributed by atoms with Crippen molar-refractivity contribution in [2.24, 2.45) is 0 Å². The van der Waals surface area contributed by atoms with E-state index in [0.29, 0.717) is 12.2 Å². The molecular formula is C12H16N2O. The van der Waals surface area contributed by atoms with Crippen molar-refractivity contribution in [1.29, 1.82) is 0 Å². The molecule has 2 aliphatic rings. The number of aryl methyl sites for hydroxylation is 1. The first-order valence-corrected chi connectivity index (χ1v) is 5.64. The zero-order chi connectivity index (χ0) is 10.3. The van der Waals surface area contributed by atoms with E-state index in [1.165, 1.54) is 18.4 Å². The predicted molar refractivity (Wildman–Crippen MR) is 59.1 cm³/mol. The largest absolute Gasteiger partial charge is 0.371 e. The molecule has 1 aromatic heterocycles. The van der Waals surface area contributed by atoms with Crippen LogP contribution in [0.15, 0.2) is 18.3 Å². The van der Waals surface area contributed by atoms with Crippen LogP contribution in [0.1, 0.15) is 18.4 Å². The summed E-state index contributed by atoms with van der Waals surface area (Å²) in [4.78, 5) is 6.79. The third-order valence-electron chi connectivity index (χ3n) is 3.27. The number of ether oxygens (including phenoxy) is 1. The van der Waals surface area contributed by atoms with E-state index in [4.69, 9.17) is 4.74 Å². The summed E-state index contributed by atoms with van der Waals surface area (Å²) in [6.07, 6.45) is 5.19. The van der Waals surface area contributed by atoms with Crippen LogP contribution >= 0.6 is 0 Å². The standard InChI is InChI=1S/C12H16N2O/c1-9-4-5-13-12(6-9)14-7-10-2-3-11(8-14)15-10/h4-6,10-11H,2-3,7-8H2,1H3. The van der Waals surface area contributed by atoms with Crippen molar-refractivity contribution in [3.63, 3.8) is 0 Å². The second-order valence-electron chi connectivity index (χ2n) is 4.55. The van der Waals surface area contributed by atoms with E-state index in [-0.39, 0.29) is 0 Å². The summed E-state index contributed by atoms with van der Waals surface area (Å²) in [5.74, 6) is 1.11. The monoisotopic (exact) mass is 204 g/mol. The fourth-order valence-electron chi connectivity index (χ4n) is 2.50. The fourth-order valence-corrected chi connectivity index (χ4v) is 2.50. The Morgan fingerprint density at radius 2 is 2.07 bits per heavy atom. The Balaban J connectivity index is 1.83. The van der Waals surface area contributed by atoms with Gasteiger partial charge in [0.2, 0.25) is 0 Å². The Labute approximate surface area is 90.1 Å². The molecule has 3 rings (SSSR count). The van der Waals surface area contributed by atoms with Gasteiger partial charge in [0.1, 0.15) is 5.82 Å². The lowest BCUT2D eigenvalue weighted by Crippen LogP contribution is -2.43. The number of pyridine rings is 1. The highest BCUT2D eigenvalue weighted by Gasteiger charge is 2.34. The van der Waals surface area contributed by atoms with Gasteiger partial charge in [0, 0.05) is 19.3 Å². The Morgan fingerprint density at radius 3 is 2.73 bits per heavy atom. The summed E-state index contributed by atoms with van der Waals surface area (Å²) in [6, 6.07) is 4.20. The minimum atomic E-state index is 0.436.